The van der Waals surface area contributed by atoms with Crippen LogP contribution in [-0.4, -0.2) is 0 Å². The van der Waals surface area contributed by atoms with Crippen molar-refractivity contribution in [2.24, 2.45) is 7.05 Å². The van der Waals surface area contributed by atoms with Crippen LogP contribution in [0.2, 0.25) is 0 Å². The highest BCUT2D eigenvalue weighted by Crippen LogP contribution is 2.42. The molecule has 35 heavy (non-hydrogen) atoms. The average molecular weight is 453 g/mol. The highest BCUT2D eigenvalue weighted by molar-refractivity contribution is 6.31. The molecule has 168 valence electrons. The van der Waals surface area contributed by atoms with Gasteiger partial charge in [0, 0.05) is 22.2 Å². The summed E-state index contributed by atoms with van der Waals surface area (Å²) in [7, 11) is 2.13. The van der Waals surface area contributed by atoms with Crippen molar-refractivity contribution in [2.75, 3.05) is 0 Å². The highest BCUT2D eigenvalue weighted by Gasteiger charge is 2.21. The third-order valence-electron chi connectivity index (χ3n) is 7.66. The molecule has 0 N–H and O–H groups in total. The molecule has 0 spiro atoms. The normalized spacial score (nSPS) is 12.0. The van der Waals surface area contributed by atoms with Crippen molar-refractivity contribution in [1.29, 1.82) is 0 Å². The summed E-state index contributed by atoms with van der Waals surface area (Å²) >= 11 is 0. The predicted molar refractivity (Wildman–Crippen MR) is 147 cm³/mol. The van der Waals surface area contributed by atoms with Gasteiger partial charge in [0.15, 0.2) is 6.20 Å². The van der Waals surface area contributed by atoms with Crippen LogP contribution in [0.3, 0.4) is 0 Å². The van der Waals surface area contributed by atoms with Gasteiger partial charge in [0.05, 0.1) is 10.8 Å². The molecule has 0 aliphatic carbocycles. The topological polar surface area (TPSA) is 17.0 Å². The number of pyridine rings is 1. The summed E-state index contributed by atoms with van der Waals surface area (Å²) in [6.07, 6.45) is 2.13. The van der Waals surface area contributed by atoms with Crippen LogP contribution >= 0.6 is 0 Å². The Kier molecular flexibility index (Phi) is 4.14. The predicted octanol–water partition coefficient (Wildman–Crippen LogP) is 8.46. The van der Waals surface area contributed by atoms with Crippen molar-refractivity contribution in [3.05, 3.63) is 102 Å². The third kappa shape index (κ3) is 2.74. The van der Waals surface area contributed by atoms with Gasteiger partial charge in [-0.15, -0.1) is 0 Å². The van der Waals surface area contributed by atoms with E-state index in [9.17, 15) is 0 Å². The fraction of sp³-hybridized carbons (Fsp3) is 0.121. The highest BCUT2D eigenvalue weighted by atomic mass is 16.3. The lowest BCUT2D eigenvalue weighted by atomic mass is 9.93. The van der Waals surface area contributed by atoms with E-state index in [1.54, 1.807) is 0 Å². The van der Waals surface area contributed by atoms with E-state index in [0.29, 0.717) is 0 Å². The summed E-state index contributed by atoms with van der Waals surface area (Å²) in [5.74, 6) is 0. The minimum Gasteiger partial charge on any atom is -0.455 e. The van der Waals surface area contributed by atoms with Crippen LogP contribution in [0.1, 0.15) is 16.7 Å². The van der Waals surface area contributed by atoms with Gasteiger partial charge in [-0.25, -0.2) is 4.57 Å². The number of hydrogen-bond acceptors (Lipinski definition) is 1. The number of aryl methyl sites for hydroxylation is 4. The Labute approximate surface area is 204 Å². The van der Waals surface area contributed by atoms with Gasteiger partial charge < -0.3 is 4.42 Å². The summed E-state index contributed by atoms with van der Waals surface area (Å²) in [6, 6.07) is 28.6. The Morgan fingerprint density at radius 3 is 2.09 bits per heavy atom. The Morgan fingerprint density at radius 1 is 0.600 bits per heavy atom. The summed E-state index contributed by atoms with van der Waals surface area (Å²) < 4.78 is 8.97. The molecular weight excluding hydrogens is 426 g/mol. The molecule has 2 heteroatoms. The maximum Gasteiger partial charge on any atom is 0.221 e. The van der Waals surface area contributed by atoms with E-state index in [-0.39, 0.29) is 0 Å². The summed E-state index contributed by atoms with van der Waals surface area (Å²) in [6.45, 7) is 6.56. The lowest BCUT2D eigenvalue weighted by molar-refractivity contribution is -0.644. The largest absolute Gasteiger partial charge is 0.455 e. The molecule has 2 aromatic heterocycles. The van der Waals surface area contributed by atoms with Gasteiger partial charge in [-0.2, -0.15) is 0 Å². The molecule has 0 unspecified atom stereocenters. The van der Waals surface area contributed by atoms with E-state index in [1.807, 2.05) is 0 Å². The van der Waals surface area contributed by atoms with Crippen LogP contribution in [0.25, 0.3) is 65.5 Å². The maximum atomic E-state index is 6.73. The quantitative estimate of drug-likeness (QED) is 0.180. The molecule has 0 atom stereocenters. The standard InChI is InChI=1S/C33H26NO/c1-19-8-5-9-20(2)29(19)22-13-14-23-26-16-15-25-24-11-6-10-21(3)30(24)32-27(12-7-17-34(32)4)31(25)33(26)35-28(23)18-22/h5-18H,1-4H3/q+1. The van der Waals surface area contributed by atoms with Gasteiger partial charge in [0.25, 0.3) is 0 Å². The first-order valence-electron chi connectivity index (χ1n) is 12.2. The van der Waals surface area contributed by atoms with E-state index in [1.165, 1.54) is 65.7 Å². The van der Waals surface area contributed by atoms with Gasteiger partial charge in [0.1, 0.15) is 18.2 Å². The molecule has 0 amide bonds. The van der Waals surface area contributed by atoms with Gasteiger partial charge in [-0.1, -0.05) is 48.5 Å². The molecule has 2 heterocycles. The zero-order valence-corrected chi connectivity index (χ0v) is 20.4. The number of rotatable bonds is 1. The second-order valence-corrected chi connectivity index (χ2v) is 9.82. The van der Waals surface area contributed by atoms with Crippen LogP contribution in [-0.2, 0) is 7.05 Å². The van der Waals surface area contributed by atoms with Crippen LogP contribution in [0.5, 0.6) is 0 Å². The lowest BCUT2D eigenvalue weighted by Crippen LogP contribution is -2.28. The molecule has 0 bridgehead atoms. The SMILES string of the molecule is Cc1cccc(C)c1-c1ccc2c(c1)oc1c2ccc2c3cccc(C)c3c3c(ccc[n+]3C)c21. The van der Waals surface area contributed by atoms with Crippen LogP contribution in [0, 0.1) is 20.8 Å². The Balaban J connectivity index is 1.65. The Bertz CT molecular complexity index is 1970. The minimum atomic E-state index is 0.936. The van der Waals surface area contributed by atoms with Gasteiger partial charge in [-0.05, 0) is 83.6 Å². The maximum absolute atomic E-state index is 6.73. The zero-order valence-electron chi connectivity index (χ0n) is 20.4. The Hall–Kier alpha value is -4.17. The molecule has 2 nitrogen and oxygen atoms in total. The number of nitrogens with zero attached hydrogens (tertiary/aromatic N) is 1. The molecule has 0 aliphatic rings. The van der Waals surface area contributed by atoms with Gasteiger partial charge in [-0.3, -0.25) is 0 Å². The molecule has 0 radical (unpaired) electrons. The average Bonchev–Trinajstić information content (AvgIpc) is 3.22. The van der Waals surface area contributed by atoms with E-state index in [0.717, 1.165) is 16.6 Å². The van der Waals surface area contributed by atoms with E-state index >= 15 is 0 Å². The van der Waals surface area contributed by atoms with Crippen molar-refractivity contribution in [3.8, 4) is 11.1 Å². The zero-order chi connectivity index (χ0) is 23.8. The molecule has 0 aliphatic heterocycles. The first-order valence-corrected chi connectivity index (χ1v) is 12.2. The smallest absolute Gasteiger partial charge is 0.221 e. The molecule has 0 fully saturated rings. The van der Waals surface area contributed by atoms with Crippen molar-refractivity contribution in [2.45, 2.75) is 20.8 Å². The van der Waals surface area contributed by atoms with Crippen molar-refractivity contribution in [3.63, 3.8) is 0 Å². The van der Waals surface area contributed by atoms with Crippen molar-refractivity contribution >= 4 is 54.4 Å². The molecule has 7 rings (SSSR count). The second kappa shape index (κ2) is 7.16. The summed E-state index contributed by atoms with van der Waals surface area (Å²) in [4.78, 5) is 0. The lowest BCUT2D eigenvalue weighted by Gasteiger charge is -2.10. The Morgan fingerprint density at radius 2 is 1.26 bits per heavy atom. The first-order chi connectivity index (χ1) is 17.0. The molecule has 5 aromatic carbocycles. The third-order valence-corrected chi connectivity index (χ3v) is 7.66. The van der Waals surface area contributed by atoms with Crippen LogP contribution < -0.4 is 4.57 Å². The van der Waals surface area contributed by atoms with Crippen molar-refractivity contribution in [1.82, 2.24) is 0 Å². The second-order valence-electron chi connectivity index (χ2n) is 9.82. The fourth-order valence-electron chi connectivity index (χ4n) is 6.09. The molecule has 0 saturated carbocycles. The minimum absolute atomic E-state index is 0.936. The number of fused-ring (bicyclic) bond motifs is 10. The van der Waals surface area contributed by atoms with Gasteiger partial charge >= 0.3 is 0 Å². The van der Waals surface area contributed by atoms with E-state index in [2.05, 4.69) is 117 Å². The summed E-state index contributed by atoms with van der Waals surface area (Å²) in [5.41, 5.74) is 9.50. The summed E-state index contributed by atoms with van der Waals surface area (Å²) in [5, 5.41) is 8.57. The number of benzene rings is 5. The van der Waals surface area contributed by atoms with E-state index in [4.69, 9.17) is 4.42 Å². The van der Waals surface area contributed by atoms with Gasteiger partial charge in [0.2, 0.25) is 5.52 Å². The number of aromatic nitrogens is 1. The van der Waals surface area contributed by atoms with E-state index < -0.39 is 0 Å². The first kappa shape index (κ1) is 20.2. The van der Waals surface area contributed by atoms with Crippen LogP contribution in [0.4, 0.5) is 0 Å². The fourth-order valence-corrected chi connectivity index (χ4v) is 6.09. The number of hydrogen-bond donors (Lipinski definition) is 0. The monoisotopic (exact) mass is 452 g/mol. The molecule has 0 saturated heterocycles. The molecular formula is C33H26NO+. The molecule has 7 aromatic rings. The van der Waals surface area contributed by atoms with Crippen LogP contribution in [0.15, 0.2) is 89.5 Å². The van der Waals surface area contributed by atoms with Crippen molar-refractivity contribution < 1.29 is 8.98 Å². The number of furan rings is 1.